The van der Waals surface area contributed by atoms with Crippen LogP contribution in [-0.2, 0) is 21.2 Å². The molecule has 1 aromatic heterocycles. The average Bonchev–Trinajstić information content (AvgIpc) is 3.11. The summed E-state index contributed by atoms with van der Waals surface area (Å²) in [5.74, 6) is 4.01. The van der Waals surface area contributed by atoms with Gasteiger partial charge in [-0.25, -0.2) is 8.42 Å². The van der Waals surface area contributed by atoms with Crippen molar-refractivity contribution in [3.05, 3.63) is 24.2 Å². The van der Waals surface area contributed by atoms with Gasteiger partial charge in [0.2, 0.25) is 5.91 Å². The molecule has 5 aliphatic carbocycles. The van der Waals surface area contributed by atoms with Gasteiger partial charge in [-0.1, -0.05) is 0 Å². The Morgan fingerprint density at radius 1 is 1.03 bits per heavy atom. The van der Waals surface area contributed by atoms with Gasteiger partial charge in [-0.05, 0) is 93.1 Å². The summed E-state index contributed by atoms with van der Waals surface area (Å²) in [6, 6.07) is 3.89. The molecule has 6 aliphatic rings. The summed E-state index contributed by atoms with van der Waals surface area (Å²) in [5, 5.41) is 0. The van der Waals surface area contributed by atoms with Gasteiger partial charge in [-0.2, -0.15) is 0 Å². The van der Waals surface area contributed by atoms with Crippen LogP contribution in [0.2, 0.25) is 0 Å². The largest absolute Gasteiger partial charge is 0.467 e. The zero-order valence-corrected chi connectivity index (χ0v) is 17.8. The van der Waals surface area contributed by atoms with E-state index >= 15 is 0 Å². The van der Waals surface area contributed by atoms with E-state index < -0.39 is 9.84 Å². The Labute approximate surface area is 173 Å². The minimum atomic E-state index is -2.90. The minimum Gasteiger partial charge on any atom is -0.467 e. The molecule has 6 fully saturated rings. The topological polar surface area (TPSA) is 67.6 Å². The van der Waals surface area contributed by atoms with Crippen molar-refractivity contribution in [1.29, 1.82) is 0 Å². The van der Waals surface area contributed by atoms with Crippen molar-refractivity contribution in [3.8, 4) is 0 Å². The van der Waals surface area contributed by atoms with Gasteiger partial charge in [0.1, 0.15) is 15.6 Å². The Morgan fingerprint density at radius 2 is 1.66 bits per heavy atom. The number of hydrogen-bond acceptors (Lipinski definition) is 4. The molecule has 4 bridgehead atoms. The van der Waals surface area contributed by atoms with E-state index in [-0.39, 0.29) is 34.3 Å². The second-order valence-electron chi connectivity index (χ2n) is 10.9. The van der Waals surface area contributed by atoms with E-state index in [4.69, 9.17) is 4.42 Å². The van der Waals surface area contributed by atoms with Crippen LogP contribution in [0.5, 0.6) is 0 Å². The third-order valence-corrected chi connectivity index (χ3v) is 10.7. The van der Waals surface area contributed by atoms with Crippen molar-refractivity contribution in [2.45, 2.75) is 69.9 Å². The monoisotopic (exact) mass is 417 g/mol. The molecular formula is C23H31NO4S. The van der Waals surface area contributed by atoms with Gasteiger partial charge in [0, 0.05) is 11.5 Å². The molecule has 1 amide bonds. The van der Waals surface area contributed by atoms with Crippen LogP contribution in [0.15, 0.2) is 22.8 Å². The first-order chi connectivity index (χ1) is 13.9. The predicted molar refractivity (Wildman–Crippen MR) is 109 cm³/mol. The second-order valence-corrected chi connectivity index (χ2v) is 13.2. The summed E-state index contributed by atoms with van der Waals surface area (Å²) in [6.45, 7) is 0.572. The lowest BCUT2D eigenvalue weighted by molar-refractivity contribution is -0.155. The maximum atomic E-state index is 13.9. The van der Waals surface area contributed by atoms with Crippen LogP contribution < -0.4 is 0 Å². The molecule has 1 atom stereocenters. The number of nitrogens with zero attached hydrogens (tertiary/aromatic N) is 1. The summed E-state index contributed by atoms with van der Waals surface area (Å²) >= 11 is 0. The highest BCUT2D eigenvalue weighted by molar-refractivity contribution is 7.91. The number of amides is 1. The van der Waals surface area contributed by atoms with E-state index in [2.05, 4.69) is 4.90 Å². The van der Waals surface area contributed by atoms with E-state index in [0.29, 0.717) is 19.4 Å². The molecule has 5 saturated carbocycles. The van der Waals surface area contributed by atoms with Crippen molar-refractivity contribution < 1.29 is 17.6 Å². The molecule has 158 valence electrons. The quantitative estimate of drug-likeness (QED) is 0.747. The van der Waals surface area contributed by atoms with Crippen LogP contribution in [0.1, 0.15) is 63.5 Å². The van der Waals surface area contributed by atoms with Crippen molar-refractivity contribution in [2.75, 3.05) is 11.5 Å². The Hall–Kier alpha value is -1.30. The Balaban J connectivity index is 1.29. The van der Waals surface area contributed by atoms with Gasteiger partial charge in [-0.15, -0.1) is 0 Å². The molecule has 6 heteroatoms. The van der Waals surface area contributed by atoms with Gasteiger partial charge in [0.25, 0.3) is 0 Å². The molecule has 1 spiro atoms. The van der Waals surface area contributed by atoms with Gasteiger partial charge < -0.3 is 9.32 Å². The molecule has 1 aromatic rings. The third-order valence-electron chi connectivity index (χ3n) is 9.05. The SMILES string of the molecule is O=C(C1CC12CCS(=O)(=O)CC2)N(Cc1ccco1)C12CC3CC(CC(C3)C1)C2. The lowest BCUT2D eigenvalue weighted by Gasteiger charge is -2.60. The molecule has 1 unspecified atom stereocenters. The second kappa shape index (κ2) is 6.12. The van der Waals surface area contributed by atoms with Crippen molar-refractivity contribution in [1.82, 2.24) is 4.90 Å². The van der Waals surface area contributed by atoms with Crippen molar-refractivity contribution >= 4 is 15.7 Å². The van der Waals surface area contributed by atoms with Crippen LogP contribution in [0.25, 0.3) is 0 Å². The Kier molecular flexibility index (Phi) is 3.89. The maximum Gasteiger partial charge on any atom is 0.227 e. The number of rotatable bonds is 4. The number of carbonyl (C=O) groups is 1. The summed E-state index contributed by atoms with van der Waals surface area (Å²) in [4.78, 5) is 16.1. The van der Waals surface area contributed by atoms with Crippen LogP contribution in [0, 0.1) is 29.1 Å². The zero-order valence-electron chi connectivity index (χ0n) is 17.0. The fourth-order valence-corrected chi connectivity index (χ4v) is 9.45. The predicted octanol–water partition coefficient (Wildman–Crippen LogP) is 3.79. The molecule has 1 saturated heterocycles. The van der Waals surface area contributed by atoms with E-state index in [0.717, 1.165) is 49.2 Å². The van der Waals surface area contributed by atoms with Crippen LogP contribution in [0.4, 0.5) is 0 Å². The highest BCUT2D eigenvalue weighted by atomic mass is 32.2. The summed E-state index contributed by atoms with van der Waals surface area (Å²) in [5.41, 5.74) is -0.0464. The third kappa shape index (κ3) is 3.00. The normalized spacial score (nSPS) is 40.8. The van der Waals surface area contributed by atoms with Gasteiger partial charge in [-0.3, -0.25) is 4.79 Å². The fraction of sp³-hybridized carbons (Fsp3) is 0.783. The average molecular weight is 418 g/mol. The van der Waals surface area contributed by atoms with E-state index in [1.165, 1.54) is 19.3 Å². The molecule has 5 nitrogen and oxygen atoms in total. The summed E-state index contributed by atoms with van der Waals surface area (Å²) in [7, 11) is -2.90. The summed E-state index contributed by atoms with van der Waals surface area (Å²) < 4.78 is 29.5. The van der Waals surface area contributed by atoms with Crippen molar-refractivity contribution in [3.63, 3.8) is 0 Å². The number of hydrogen-bond donors (Lipinski definition) is 0. The number of carbonyl (C=O) groups excluding carboxylic acids is 1. The highest BCUT2D eigenvalue weighted by Crippen LogP contribution is 2.63. The fourth-order valence-electron chi connectivity index (χ4n) is 7.82. The Morgan fingerprint density at radius 3 is 2.21 bits per heavy atom. The molecule has 0 N–H and O–H groups in total. The van der Waals surface area contributed by atoms with Crippen LogP contribution in [-0.4, -0.2) is 36.3 Å². The molecule has 2 heterocycles. The first-order valence-corrected chi connectivity index (χ1v) is 13.2. The summed E-state index contributed by atoms with van der Waals surface area (Å²) in [6.07, 6.45) is 11.4. The van der Waals surface area contributed by atoms with Gasteiger partial charge in [0.15, 0.2) is 0 Å². The van der Waals surface area contributed by atoms with E-state index in [9.17, 15) is 13.2 Å². The lowest BCUT2D eigenvalue weighted by atomic mass is 9.52. The lowest BCUT2D eigenvalue weighted by Crippen LogP contribution is -2.61. The molecule has 0 aromatic carbocycles. The first-order valence-electron chi connectivity index (χ1n) is 11.4. The first kappa shape index (κ1) is 18.5. The number of furan rings is 1. The molecule has 29 heavy (non-hydrogen) atoms. The molecular weight excluding hydrogens is 386 g/mol. The van der Waals surface area contributed by atoms with Crippen LogP contribution in [0.3, 0.4) is 0 Å². The van der Waals surface area contributed by atoms with Crippen molar-refractivity contribution in [2.24, 2.45) is 29.1 Å². The van der Waals surface area contributed by atoms with Crippen LogP contribution >= 0.6 is 0 Å². The molecule has 0 radical (unpaired) electrons. The highest BCUT2D eigenvalue weighted by Gasteiger charge is 2.63. The zero-order chi connectivity index (χ0) is 19.9. The van der Waals surface area contributed by atoms with E-state index in [1.54, 1.807) is 6.26 Å². The standard InChI is InChI=1S/C23H31NO4S/c25-21(20-14-22(20)3-6-29(26,27)7-4-22)24(15-19-2-1-5-28-19)23-11-16-8-17(12-23)10-18(9-16)13-23/h1-2,5,16-18,20H,3-4,6-15H2. The minimum absolute atomic E-state index is 0.00312. The van der Waals surface area contributed by atoms with Gasteiger partial charge >= 0.3 is 0 Å². The molecule has 7 rings (SSSR count). The number of sulfone groups is 1. The molecule has 1 aliphatic heterocycles. The smallest absolute Gasteiger partial charge is 0.227 e. The maximum absolute atomic E-state index is 13.9. The Bertz CT molecular complexity index is 869. The van der Waals surface area contributed by atoms with Gasteiger partial charge in [0.05, 0.1) is 24.3 Å². The van der Waals surface area contributed by atoms with E-state index in [1.807, 2.05) is 12.1 Å².